The summed E-state index contributed by atoms with van der Waals surface area (Å²) in [6.45, 7) is 5.64. The Morgan fingerprint density at radius 1 is 1.19 bits per heavy atom. The lowest BCUT2D eigenvalue weighted by atomic mass is 10.1. The van der Waals surface area contributed by atoms with E-state index in [9.17, 15) is 19.7 Å². The van der Waals surface area contributed by atoms with Crippen molar-refractivity contribution in [2.75, 3.05) is 0 Å². The Labute approximate surface area is 187 Å². The molecule has 1 unspecified atom stereocenters. The van der Waals surface area contributed by atoms with Crippen LogP contribution >= 0.6 is 0 Å². The highest BCUT2D eigenvalue weighted by Crippen LogP contribution is 2.60. The molecule has 2 aromatic carbocycles. The van der Waals surface area contributed by atoms with Gasteiger partial charge in [0.05, 0.1) is 12.0 Å². The van der Waals surface area contributed by atoms with Crippen molar-refractivity contribution in [1.29, 1.82) is 10.5 Å². The van der Waals surface area contributed by atoms with E-state index in [1.807, 2.05) is 32.9 Å². The maximum atomic E-state index is 14.2. The predicted molar refractivity (Wildman–Crippen MR) is 117 cm³/mol. The van der Waals surface area contributed by atoms with E-state index in [2.05, 4.69) is 6.07 Å². The van der Waals surface area contributed by atoms with Crippen LogP contribution in [0.3, 0.4) is 0 Å². The van der Waals surface area contributed by atoms with Gasteiger partial charge in [-0.05, 0) is 48.6 Å². The van der Waals surface area contributed by atoms with Gasteiger partial charge in [0.25, 0.3) is 0 Å². The molecule has 0 N–H and O–H groups in total. The van der Waals surface area contributed by atoms with Crippen molar-refractivity contribution >= 4 is 5.97 Å². The molecule has 3 atom stereocenters. The Hall–Kier alpha value is -3.90. The largest absolute Gasteiger partial charge is 0.454 e. The minimum absolute atomic E-state index is 0.0671. The molecule has 1 saturated carbocycles. The molecular weight excluding hydrogens is 407 g/mol. The Bertz CT molecular complexity index is 1140. The molecular formula is C26H23FN2O3. The summed E-state index contributed by atoms with van der Waals surface area (Å²) in [6, 6.07) is 16.7. The van der Waals surface area contributed by atoms with Crippen LogP contribution in [-0.4, -0.2) is 5.97 Å². The second-order valence-corrected chi connectivity index (χ2v) is 8.11. The number of rotatable bonds is 7. The van der Waals surface area contributed by atoms with E-state index in [0.29, 0.717) is 16.9 Å². The summed E-state index contributed by atoms with van der Waals surface area (Å²) in [4.78, 5) is 12.8. The first-order valence-electron chi connectivity index (χ1n) is 10.2. The molecule has 0 heterocycles. The molecule has 2 aromatic rings. The number of carbonyl (C=O) groups is 1. The summed E-state index contributed by atoms with van der Waals surface area (Å²) in [5.74, 6) is -1.41. The minimum Gasteiger partial charge on any atom is -0.454 e. The average Bonchev–Trinajstić information content (AvgIpc) is 3.33. The first kappa shape index (κ1) is 22.8. The van der Waals surface area contributed by atoms with Crippen molar-refractivity contribution in [1.82, 2.24) is 0 Å². The van der Waals surface area contributed by atoms with Gasteiger partial charge in [-0.2, -0.15) is 10.5 Å². The standard InChI is InChI=1S/C26H23FN2O3/c1-4-8-17(15-28)13-20-24(26(20,2)3)25(30)32-23(16-29)18-11-12-21(27)22(14-18)31-19-9-6-5-7-10-19/h4-14,20,23-24H,1-3H3/b8-4+,17-13-/t20-,23?,24+/m1/s1. The Morgan fingerprint density at radius 2 is 1.91 bits per heavy atom. The molecule has 162 valence electrons. The van der Waals surface area contributed by atoms with E-state index in [1.54, 1.807) is 42.5 Å². The number of carbonyl (C=O) groups excluding carboxylic acids is 1. The summed E-state index contributed by atoms with van der Waals surface area (Å²) in [7, 11) is 0. The van der Waals surface area contributed by atoms with Crippen LogP contribution in [0.5, 0.6) is 11.5 Å². The van der Waals surface area contributed by atoms with E-state index < -0.39 is 29.2 Å². The fourth-order valence-electron chi connectivity index (χ4n) is 3.68. The monoisotopic (exact) mass is 430 g/mol. The number of nitriles is 2. The quantitative estimate of drug-likeness (QED) is 0.304. The first-order valence-corrected chi connectivity index (χ1v) is 10.2. The summed E-state index contributed by atoms with van der Waals surface area (Å²) in [5.41, 5.74) is 0.384. The van der Waals surface area contributed by atoms with Gasteiger partial charge in [-0.25, -0.2) is 4.39 Å². The van der Waals surface area contributed by atoms with Crippen molar-refractivity contribution in [3.8, 4) is 23.6 Å². The highest BCUT2D eigenvalue weighted by Gasteiger charge is 2.61. The van der Waals surface area contributed by atoms with Gasteiger partial charge < -0.3 is 9.47 Å². The zero-order valence-corrected chi connectivity index (χ0v) is 18.1. The lowest BCUT2D eigenvalue weighted by molar-refractivity contribution is -0.149. The van der Waals surface area contributed by atoms with Crippen LogP contribution in [-0.2, 0) is 9.53 Å². The molecule has 1 aliphatic rings. The van der Waals surface area contributed by atoms with E-state index in [0.717, 1.165) is 0 Å². The van der Waals surface area contributed by atoms with E-state index >= 15 is 0 Å². The lowest BCUT2D eigenvalue weighted by Crippen LogP contribution is -2.14. The van der Waals surface area contributed by atoms with Gasteiger partial charge in [0.1, 0.15) is 11.8 Å². The molecule has 5 nitrogen and oxygen atoms in total. The van der Waals surface area contributed by atoms with Crippen LogP contribution in [0.1, 0.15) is 32.4 Å². The van der Waals surface area contributed by atoms with Gasteiger partial charge >= 0.3 is 5.97 Å². The molecule has 0 amide bonds. The van der Waals surface area contributed by atoms with Crippen LogP contribution in [0.2, 0.25) is 0 Å². The third-order valence-corrected chi connectivity index (χ3v) is 5.58. The van der Waals surface area contributed by atoms with E-state index in [1.165, 1.54) is 18.2 Å². The number of nitrogens with zero attached hydrogens (tertiary/aromatic N) is 2. The molecule has 0 aromatic heterocycles. The zero-order valence-electron chi connectivity index (χ0n) is 18.1. The molecule has 3 rings (SSSR count). The molecule has 0 saturated heterocycles. The summed E-state index contributed by atoms with van der Waals surface area (Å²) in [5, 5.41) is 18.8. The highest BCUT2D eigenvalue weighted by atomic mass is 19.1. The van der Waals surface area contributed by atoms with Crippen molar-refractivity contribution in [3.63, 3.8) is 0 Å². The van der Waals surface area contributed by atoms with Crippen LogP contribution in [0.4, 0.5) is 4.39 Å². The number of esters is 1. The van der Waals surface area contributed by atoms with Gasteiger partial charge in [0.2, 0.25) is 6.10 Å². The summed E-state index contributed by atoms with van der Waals surface area (Å²) in [6.07, 6.45) is 3.99. The Balaban J connectivity index is 1.77. The average molecular weight is 430 g/mol. The fourth-order valence-corrected chi connectivity index (χ4v) is 3.68. The van der Waals surface area contributed by atoms with Gasteiger partial charge in [-0.15, -0.1) is 0 Å². The van der Waals surface area contributed by atoms with Crippen LogP contribution in [0, 0.1) is 45.7 Å². The number of hydrogen-bond donors (Lipinski definition) is 0. The SMILES string of the molecule is C/C=C/C(C#N)=C/[C@@H]1[C@@H](C(=O)OC(C#N)c2ccc(F)c(Oc3ccccc3)c2)C1(C)C. The number of ether oxygens (including phenoxy) is 2. The maximum Gasteiger partial charge on any atom is 0.311 e. The zero-order chi connectivity index (χ0) is 23.3. The Kier molecular flexibility index (Phi) is 6.76. The maximum absolute atomic E-state index is 14.2. The third kappa shape index (κ3) is 4.87. The second-order valence-electron chi connectivity index (χ2n) is 8.11. The number of halogens is 1. The van der Waals surface area contributed by atoms with Crippen molar-refractivity contribution < 1.29 is 18.7 Å². The molecule has 1 aliphatic carbocycles. The van der Waals surface area contributed by atoms with Crippen molar-refractivity contribution in [3.05, 3.63) is 83.7 Å². The molecule has 0 spiro atoms. The molecule has 32 heavy (non-hydrogen) atoms. The number of para-hydroxylation sites is 1. The number of benzene rings is 2. The van der Waals surface area contributed by atoms with Gasteiger partial charge in [-0.3, -0.25) is 4.79 Å². The first-order chi connectivity index (χ1) is 15.3. The predicted octanol–water partition coefficient (Wildman–Crippen LogP) is 6.02. The molecule has 6 heteroatoms. The normalized spacial score (nSPS) is 20.1. The van der Waals surface area contributed by atoms with Gasteiger partial charge in [-0.1, -0.05) is 50.3 Å². The molecule has 0 radical (unpaired) electrons. The van der Waals surface area contributed by atoms with Crippen LogP contribution < -0.4 is 4.74 Å². The third-order valence-electron chi connectivity index (χ3n) is 5.58. The van der Waals surface area contributed by atoms with E-state index in [4.69, 9.17) is 9.47 Å². The highest BCUT2D eigenvalue weighted by molar-refractivity contribution is 5.79. The van der Waals surface area contributed by atoms with Crippen LogP contribution in [0.15, 0.2) is 72.3 Å². The lowest BCUT2D eigenvalue weighted by Gasteiger charge is -2.14. The molecule has 0 bridgehead atoms. The summed E-state index contributed by atoms with van der Waals surface area (Å²) < 4.78 is 25.3. The molecule has 0 aliphatic heterocycles. The fraction of sp³-hybridized carbons (Fsp3) is 0.269. The smallest absolute Gasteiger partial charge is 0.311 e. The van der Waals surface area contributed by atoms with Crippen molar-refractivity contribution in [2.24, 2.45) is 17.3 Å². The van der Waals surface area contributed by atoms with Crippen molar-refractivity contribution in [2.45, 2.75) is 26.9 Å². The van der Waals surface area contributed by atoms with Gasteiger partial charge in [0.15, 0.2) is 11.6 Å². The number of hydrogen-bond acceptors (Lipinski definition) is 5. The second kappa shape index (κ2) is 9.49. The summed E-state index contributed by atoms with van der Waals surface area (Å²) >= 11 is 0. The van der Waals surface area contributed by atoms with Gasteiger partial charge in [0, 0.05) is 11.1 Å². The number of allylic oxidation sites excluding steroid dienone is 4. The Morgan fingerprint density at radius 3 is 2.53 bits per heavy atom. The minimum atomic E-state index is -1.21. The van der Waals surface area contributed by atoms with E-state index in [-0.39, 0.29) is 11.7 Å². The van der Waals surface area contributed by atoms with Crippen LogP contribution in [0.25, 0.3) is 0 Å². The topological polar surface area (TPSA) is 83.1 Å². The molecule has 1 fully saturated rings.